The summed E-state index contributed by atoms with van der Waals surface area (Å²) < 4.78 is 0. The molecule has 1 rings (SSSR count). The standard InChI is InChI=1S/C12H20N2O3/c1-2-10-6-3-4-9-14(10)12(17)13-8-5-7-11(15)16/h2,10H,1,3-9H2,(H,13,17)(H,15,16). The van der Waals surface area contributed by atoms with Crippen LogP contribution in [0.1, 0.15) is 32.1 Å². The van der Waals surface area contributed by atoms with Crippen molar-refractivity contribution in [2.24, 2.45) is 0 Å². The van der Waals surface area contributed by atoms with Crippen LogP contribution in [0.2, 0.25) is 0 Å². The van der Waals surface area contributed by atoms with Crippen LogP contribution in [0.25, 0.3) is 0 Å². The molecule has 0 bridgehead atoms. The summed E-state index contributed by atoms with van der Waals surface area (Å²) >= 11 is 0. The average molecular weight is 240 g/mol. The first kappa shape index (κ1) is 13.5. The van der Waals surface area contributed by atoms with Crippen LogP contribution in [0.3, 0.4) is 0 Å². The molecule has 0 aromatic carbocycles. The number of aliphatic carboxylic acids is 1. The molecule has 1 aliphatic rings. The topological polar surface area (TPSA) is 69.6 Å². The lowest BCUT2D eigenvalue weighted by molar-refractivity contribution is -0.137. The monoisotopic (exact) mass is 240 g/mol. The number of nitrogens with one attached hydrogen (secondary N) is 1. The Labute approximate surface area is 101 Å². The van der Waals surface area contributed by atoms with E-state index in [1.807, 2.05) is 0 Å². The van der Waals surface area contributed by atoms with Crippen molar-refractivity contribution >= 4 is 12.0 Å². The van der Waals surface area contributed by atoms with E-state index >= 15 is 0 Å². The molecule has 0 aromatic heterocycles. The van der Waals surface area contributed by atoms with E-state index in [-0.39, 0.29) is 18.5 Å². The van der Waals surface area contributed by atoms with E-state index in [0.717, 1.165) is 25.8 Å². The second-order valence-electron chi connectivity index (χ2n) is 4.22. The third-order valence-electron chi connectivity index (χ3n) is 2.93. The van der Waals surface area contributed by atoms with Gasteiger partial charge in [-0.15, -0.1) is 6.58 Å². The number of carbonyl (C=O) groups is 2. The van der Waals surface area contributed by atoms with Crippen molar-refractivity contribution in [1.29, 1.82) is 0 Å². The molecule has 0 saturated carbocycles. The molecular formula is C12H20N2O3. The first-order chi connectivity index (χ1) is 8.15. The number of piperidine rings is 1. The summed E-state index contributed by atoms with van der Waals surface area (Å²) in [7, 11) is 0. The second kappa shape index (κ2) is 6.93. The molecule has 5 nitrogen and oxygen atoms in total. The third kappa shape index (κ3) is 4.46. The highest BCUT2D eigenvalue weighted by atomic mass is 16.4. The van der Waals surface area contributed by atoms with Gasteiger partial charge in [-0.25, -0.2) is 4.79 Å². The number of carboxylic acids is 1. The fourth-order valence-corrected chi connectivity index (χ4v) is 1.99. The highest BCUT2D eigenvalue weighted by molar-refractivity contribution is 5.75. The number of carboxylic acid groups (broad SMARTS) is 1. The molecule has 0 aliphatic carbocycles. The minimum Gasteiger partial charge on any atom is -0.481 e. The van der Waals surface area contributed by atoms with Crippen LogP contribution in [0.15, 0.2) is 12.7 Å². The number of urea groups is 1. The maximum Gasteiger partial charge on any atom is 0.317 e. The van der Waals surface area contributed by atoms with Crippen LogP contribution in [0, 0.1) is 0 Å². The van der Waals surface area contributed by atoms with Crippen molar-refractivity contribution in [2.45, 2.75) is 38.1 Å². The van der Waals surface area contributed by atoms with Gasteiger partial charge in [-0.1, -0.05) is 6.08 Å². The molecular weight excluding hydrogens is 220 g/mol. The van der Waals surface area contributed by atoms with Gasteiger partial charge in [0.05, 0.1) is 6.04 Å². The molecule has 17 heavy (non-hydrogen) atoms. The highest BCUT2D eigenvalue weighted by Crippen LogP contribution is 2.17. The van der Waals surface area contributed by atoms with Gasteiger partial charge in [0.15, 0.2) is 0 Å². The van der Waals surface area contributed by atoms with E-state index in [4.69, 9.17) is 5.11 Å². The minimum absolute atomic E-state index is 0.0885. The van der Waals surface area contributed by atoms with E-state index < -0.39 is 5.97 Å². The van der Waals surface area contributed by atoms with Crippen LogP contribution in [0.4, 0.5) is 4.79 Å². The van der Waals surface area contributed by atoms with Crippen molar-refractivity contribution in [3.8, 4) is 0 Å². The predicted molar refractivity (Wildman–Crippen MR) is 64.8 cm³/mol. The Bertz CT molecular complexity index is 291. The van der Waals surface area contributed by atoms with Crippen LogP contribution < -0.4 is 5.32 Å². The van der Waals surface area contributed by atoms with Gasteiger partial charge < -0.3 is 15.3 Å². The van der Waals surface area contributed by atoms with Crippen molar-refractivity contribution in [3.05, 3.63) is 12.7 Å². The summed E-state index contributed by atoms with van der Waals surface area (Å²) in [4.78, 5) is 23.9. The molecule has 1 unspecified atom stereocenters. The number of carbonyl (C=O) groups excluding carboxylic acids is 1. The van der Waals surface area contributed by atoms with E-state index in [2.05, 4.69) is 11.9 Å². The smallest absolute Gasteiger partial charge is 0.317 e. The fraction of sp³-hybridized carbons (Fsp3) is 0.667. The lowest BCUT2D eigenvalue weighted by Crippen LogP contribution is -2.48. The number of hydrogen-bond acceptors (Lipinski definition) is 2. The molecule has 0 radical (unpaired) electrons. The van der Waals surface area contributed by atoms with Gasteiger partial charge in [0.25, 0.3) is 0 Å². The SMILES string of the molecule is C=CC1CCCCN1C(=O)NCCCC(=O)O. The predicted octanol–water partition coefficient (Wildman–Crippen LogP) is 1.60. The van der Waals surface area contributed by atoms with E-state index in [9.17, 15) is 9.59 Å². The number of nitrogens with zero attached hydrogens (tertiary/aromatic N) is 1. The number of rotatable bonds is 5. The van der Waals surface area contributed by atoms with Crippen LogP contribution in [-0.4, -0.2) is 41.1 Å². The second-order valence-corrected chi connectivity index (χ2v) is 4.22. The molecule has 2 N–H and O–H groups in total. The van der Waals surface area contributed by atoms with Crippen LogP contribution in [0.5, 0.6) is 0 Å². The quantitative estimate of drug-likeness (QED) is 0.566. The van der Waals surface area contributed by atoms with Gasteiger partial charge in [-0.05, 0) is 25.7 Å². The van der Waals surface area contributed by atoms with Gasteiger partial charge >= 0.3 is 12.0 Å². The minimum atomic E-state index is -0.832. The first-order valence-electron chi connectivity index (χ1n) is 6.04. The summed E-state index contributed by atoms with van der Waals surface area (Å²) in [5.74, 6) is -0.832. The Morgan fingerprint density at radius 1 is 1.47 bits per heavy atom. The molecule has 2 amide bonds. The molecule has 0 aromatic rings. The average Bonchev–Trinajstić information content (AvgIpc) is 2.34. The maximum absolute atomic E-state index is 11.8. The Morgan fingerprint density at radius 2 is 2.24 bits per heavy atom. The molecule has 1 atom stereocenters. The lowest BCUT2D eigenvalue weighted by atomic mass is 10.0. The molecule has 1 fully saturated rings. The summed E-state index contributed by atoms with van der Waals surface area (Å²) in [5.41, 5.74) is 0. The van der Waals surface area contributed by atoms with Gasteiger partial charge in [0.1, 0.15) is 0 Å². The molecule has 1 heterocycles. The van der Waals surface area contributed by atoms with Crippen LogP contribution in [-0.2, 0) is 4.79 Å². The zero-order valence-electron chi connectivity index (χ0n) is 10.0. The summed E-state index contributed by atoms with van der Waals surface area (Å²) in [5, 5.41) is 11.2. The van der Waals surface area contributed by atoms with Gasteiger partial charge in [-0.3, -0.25) is 4.79 Å². The number of amides is 2. The molecule has 5 heteroatoms. The largest absolute Gasteiger partial charge is 0.481 e. The van der Waals surface area contributed by atoms with Crippen molar-refractivity contribution in [3.63, 3.8) is 0 Å². The van der Waals surface area contributed by atoms with Crippen LogP contribution >= 0.6 is 0 Å². The molecule has 96 valence electrons. The summed E-state index contributed by atoms with van der Waals surface area (Å²) in [6.07, 6.45) is 5.47. The van der Waals surface area contributed by atoms with Crippen molar-refractivity contribution < 1.29 is 14.7 Å². The molecule has 0 spiro atoms. The Morgan fingerprint density at radius 3 is 2.88 bits per heavy atom. The molecule has 1 aliphatic heterocycles. The zero-order valence-corrected chi connectivity index (χ0v) is 10.0. The summed E-state index contributed by atoms with van der Waals surface area (Å²) in [6.45, 7) is 4.90. The number of hydrogen-bond donors (Lipinski definition) is 2. The highest BCUT2D eigenvalue weighted by Gasteiger charge is 2.23. The number of likely N-dealkylation sites (tertiary alicyclic amines) is 1. The summed E-state index contributed by atoms with van der Waals surface area (Å²) in [6, 6.07) is 0.00297. The van der Waals surface area contributed by atoms with Crippen molar-refractivity contribution in [1.82, 2.24) is 10.2 Å². The van der Waals surface area contributed by atoms with Gasteiger partial charge in [-0.2, -0.15) is 0 Å². The Balaban J connectivity index is 2.30. The molecule has 1 saturated heterocycles. The Kier molecular flexibility index (Phi) is 5.52. The van der Waals surface area contributed by atoms with Gasteiger partial charge in [0.2, 0.25) is 0 Å². The van der Waals surface area contributed by atoms with Gasteiger partial charge in [0, 0.05) is 19.5 Å². The van der Waals surface area contributed by atoms with E-state index in [1.54, 1.807) is 11.0 Å². The third-order valence-corrected chi connectivity index (χ3v) is 2.93. The normalized spacial score (nSPS) is 19.8. The lowest BCUT2D eigenvalue weighted by Gasteiger charge is -2.33. The zero-order chi connectivity index (χ0) is 12.7. The van der Waals surface area contributed by atoms with E-state index in [0.29, 0.717) is 13.0 Å². The van der Waals surface area contributed by atoms with E-state index in [1.165, 1.54) is 0 Å². The first-order valence-corrected chi connectivity index (χ1v) is 6.04. The fourth-order valence-electron chi connectivity index (χ4n) is 1.99. The maximum atomic E-state index is 11.8. The Hall–Kier alpha value is -1.52. The van der Waals surface area contributed by atoms with Crippen molar-refractivity contribution in [2.75, 3.05) is 13.1 Å².